The largest absolute Gasteiger partial charge is 0.310 e. The van der Waals surface area contributed by atoms with Crippen LogP contribution in [0.2, 0.25) is 0 Å². The molecule has 0 bridgehead atoms. The zero-order valence-corrected chi connectivity index (χ0v) is 31.5. The summed E-state index contributed by atoms with van der Waals surface area (Å²) in [5, 5.41) is 0. The number of hydrogen-bond donors (Lipinski definition) is 0. The number of nitrogens with zero attached hydrogens (tertiary/aromatic N) is 3. The van der Waals surface area contributed by atoms with E-state index in [1.807, 2.05) is 0 Å². The normalized spacial score (nSPS) is 10.8. The number of rotatable bonds is 11. The Balaban J connectivity index is 1.39. The smallest absolute Gasteiger partial charge is 0.0618 e. The van der Waals surface area contributed by atoms with Gasteiger partial charge in [-0.2, -0.15) is 0 Å². The van der Waals surface area contributed by atoms with Gasteiger partial charge in [0.1, 0.15) is 0 Å². The van der Waals surface area contributed by atoms with E-state index in [4.69, 9.17) is 0 Å². The molecule has 0 saturated heterocycles. The SMILES string of the molecule is c1ccc(-c2cccc(-c3ccccc3)c2N(c2ccccc2)c2cc(N(c3ccccc3)c3ccccc3)cc(N(c3ccccc3)c3ccccc3)c2)cc1. The molecule has 272 valence electrons. The average Bonchev–Trinajstić information content (AvgIpc) is 3.29. The molecule has 3 heteroatoms. The second-order valence-corrected chi connectivity index (χ2v) is 13.8. The van der Waals surface area contributed by atoms with Gasteiger partial charge in [0, 0.05) is 39.6 Å². The van der Waals surface area contributed by atoms with Crippen molar-refractivity contribution in [2.75, 3.05) is 14.7 Å². The van der Waals surface area contributed by atoms with Crippen LogP contribution in [0.15, 0.2) is 249 Å². The van der Waals surface area contributed by atoms with Gasteiger partial charge in [-0.15, -0.1) is 0 Å². The zero-order valence-electron chi connectivity index (χ0n) is 31.5. The van der Waals surface area contributed by atoms with Crippen molar-refractivity contribution in [2.45, 2.75) is 0 Å². The molecule has 0 heterocycles. The minimum absolute atomic E-state index is 1.02. The molecule has 0 aliphatic rings. The summed E-state index contributed by atoms with van der Waals surface area (Å²) in [6.45, 7) is 0. The Kier molecular flexibility index (Phi) is 10.1. The molecule has 0 radical (unpaired) electrons. The van der Waals surface area contributed by atoms with Crippen LogP contribution >= 0.6 is 0 Å². The van der Waals surface area contributed by atoms with Gasteiger partial charge in [-0.05, 0) is 90.0 Å². The molecule has 0 fully saturated rings. The maximum absolute atomic E-state index is 2.44. The van der Waals surface area contributed by atoms with Gasteiger partial charge in [0.05, 0.1) is 22.7 Å². The van der Waals surface area contributed by atoms with Gasteiger partial charge in [-0.25, -0.2) is 0 Å². The minimum atomic E-state index is 1.02. The summed E-state index contributed by atoms with van der Waals surface area (Å²) in [4.78, 5) is 7.15. The lowest BCUT2D eigenvalue weighted by Crippen LogP contribution is -2.17. The highest BCUT2D eigenvalue weighted by molar-refractivity contribution is 5.99. The zero-order chi connectivity index (χ0) is 38.2. The molecule has 57 heavy (non-hydrogen) atoms. The second-order valence-electron chi connectivity index (χ2n) is 13.8. The molecule has 0 saturated carbocycles. The standard InChI is InChI=1S/C54H41N3/c1-8-23-42(24-9-1)52-37-22-38-53(43-25-10-2-11-26-43)54(52)57(48-35-20-7-21-36-48)51-40-49(55(44-27-12-3-13-28-44)45-29-14-4-15-30-45)39-50(41-51)56(46-31-16-5-17-32-46)47-33-18-6-19-34-47/h1-41H. The third-order valence-electron chi connectivity index (χ3n) is 10.2. The molecule has 9 aromatic carbocycles. The van der Waals surface area contributed by atoms with Crippen molar-refractivity contribution in [1.82, 2.24) is 0 Å². The molecule has 3 nitrogen and oxygen atoms in total. The van der Waals surface area contributed by atoms with Gasteiger partial charge in [0.2, 0.25) is 0 Å². The third kappa shape index (κ3) is 7.43. The molecular weight excluding hydrogens is 691 g/mol. The van der Waals surface area contributed by atoms with Gasteiger partial charge >= 0.3 is 0 Å². The molecular formula is C54H41N3. The summed E-state index contributed by atoms with van der Waals surface area (Å²) >= 11 is 0. The Hall–Kier alpha value is -7.62. The molecule has 9 aromatic rings. The van der Waals surface area contributed by atoms with E-state index in [0.717, 1.165) is 73.4 Å². The molecule has 0 aliphatic heterocycles. The van der Waals surface area contributed by atoms with E-state index in [1.54, 1.807) is 0 Å². The first-order chi connectivity index (χ1) is 28.3. The van der Waals surface area contributed by atoms with E-state index in [2.05, 4.69) is 263 Å². The van der Waals surface area contributed by atoms with Crippen LogP contribution < -0.4 is 14.7 Å². The summed E-state index contributed by atoms with van der Waals surface area (Å²) < 4.78 is 0. The van der Waals surface area contributed by atoms with Crippen molar-refractivity contribution in [3.8, 4) is 22.3 Å². The van der Waals surface area contributed by atoms with Gasteiger partial charge in [0.25, 0.3) is 0 Å². The Bertz CT molecular complexity index is 2410. The summed E-state index contributed by atoms with van der Waals surface area (Å²) in [6, 6.07) is 88.5. The lowest BCUT2D eigenvalue weighted by Gasteiger charge is -2.34. The van der Waals surface area contributed by atoms with Crippen LogP contribution in [0.1, 0.15) is 0 Å². The van der Waals surface area contributed by atoms with Crippen LogP contribution in [0.3, 0.4) is 0 Å². The van der Waals surface area contributed by atoms with Crippen LogP contribution in [0.5, 0.6) is 0 Å². The number of hydrogen-bond acceptors (Lipinski definition) is 3. The fraction of sp³-hybridized carbons (Fsp3) is 0. The van der Waals surface area contributed by atoms with Gasteiger partial charge in [-0.1, -0.05) is 170 Å². The van der Waals surface area contributed by atoms with Crippen LogP contribution in [-0.2, 0) is 0 Å². The van der Waals surface area contributed by atoms with Gasteiger partial charge < -0.3 is 14.7 Å². The van der Waals surface area contributed by atoms with E-state index in [9.17, 15) is 0 Å². The second kappa shape index (κ2) is 16.4. The third-order valence-corrected chi connectivity index (χ3v) is 10.2. The maximum atomic E-state index is 2.44. The number of benzene rings is 9. The highest BCUT2D eigenvalue weighted by Gasteiger charge is 2.25. The Morgan fingerprint density at radius 3 is 0.737 bits per heavy atom. The monoisotopic (exact) mass is 731 g/mol. The fourth-order valence-electron chi connectivity index (χ4n) is 7.64. The molecule has 0 unspecified atom stereocenters. The van der Waals surface area contributed by atoms with Crippen molar-refractivity contribution < 1.29 is 0 Å². The van der Waals surface area contributed by atoms with Crippen LogP contribution in [0.25, 0.3) is 22.3 Å². The Morgan fingerprint density at radius 2 is 0.439 bits per heavy atom. The van der Waals surface area contributed by atoms with Crippen LogP contribution in [-0.4, -0.2) is 0 Å². The Morgan fingerprint density at radius 1 is 0.193 bits per heavy atom. The molecule has 0 atom stereocenters. The van der Waals surface area contributed by atoms with Crippen molar-refractivity contribution in [3.05, 3.63) is 249 Å². The molecule has 0 amide bonds. The van der Waals surface area contributed by atoms with E-state index < -0.39 is 0 Å². The lowest BCUT2D eigenvalue weighted by atomic mass is 9.94. The molecule has 0 spiro atoms. The van der Waals surface area contributed by atoms with Crippen LogP contribution in [0, 0.1) is 0 Å². The van der Waals surface area contributed by atoms with E-state index in [-0.39, 0.29) is 0 Å². The first-order valence-corrected chi connectivity index (χ1v) is 19.4. The summed E-state index contributed by atoms with van der Waals surface area (Å²) in [7, 11) is 0. The minimum Gasteiger partial charge on any atom is -0.310 e. The first kappa shape index (κ1) is 35.1. The average molecular weight is 732 g/mol. The summed E-state index contributed by atoms with van der Waals surface area (Å²) in [5.74, 6) is 0. The van der Waals surface area contributed by atoms with E-state index >= 15 is 0 Å². The van der Waals surface area contributed by atoms with Gasteiger partial charge in [0.15, 0.2) is 0 Å². The lowest BCUT2D eigenvalue weighted by molar-refractivity contribution is 1.22. The van der Waals surface area contributed by atoms with Crippen molar-refractivity contribution in [1.29, 1.82) is 0 Å². The molecule has 0 aromatic heterocycles. The highest BCUT2D eigenvalue weighted by Crippen LogP contribution is 2.50. The molecule has 9 rings (SSSR count). The fourth-order valence-corrected chi connectivity index (χ4v) is 7.64. The summed E-state index contributed by atoms with van der Waals surface area (Å²) in [6.07, 6.45) is 0. The van der Waals surface area contributed by atoms with Gasteiger partial charge in [-0.3, -0.25) is 0 Å². The van der Waals surface area contributed by atoms with Crippen molar-refractivity contribution >= 4 is 51.2 Å². The highest BCUT2D eigenvalue weighted by atomic mass is 15.2. The van der Waals surface area contributed by atoms with E-state index in [0.29, 0.717) is 0 Å². The predicted octanol–water partition coefficient (Wildman–Crippen LogP) is 15.4. The topological polar surface area (TPSA) is 9.72 Å². The predicted molar refractivity (Wildman–Crippen MR) is 241 cm³/mol. The quantitative estimate of drug-likeness (QED) is 0.131. The van der Waals surface area contributed by atoms with Crippen LogP contribution in [0.4, 0.5) is 51.2 Å². The maximum Gasteiger partial charge on any atom is 0.0618 e. The number of anilines is 9. The van der Waals surface area contributed by atoms with Crippen molar-refractivity contribution in [3.63, 3.8) is 0 Å². The molecule has 0 N–H and O–H groups in total. The Labute approximate surface area is 335 Å². The van der Waals surface area contributed by atoms with Crippen molar-refractivity contribution in [2.24, 2.45) is 0 Å². The van der Waals surface area contributed by atoms with E-state index in [1.165, 1.54) is 0 Å². The number of para-hydroxylation sites is 6. The summed E-state index contributed by atoms with van der Waals surface area (Å²) in [5.41, 5.74) is 14.1. The molecule has 0 aliphatic carbocycles. The first-order valence-electron chi connectivity index (χ1n) is 19.4.